The monoisotopic (exact) mass is 228 g/mol. The van der Waals surface area contributed by atoms with Crippen LogP contribution in [0, 0.1) is 10.1 Å². The second-order valence-corrected chi connectivity index (χ2v) is 3.27. The topological polar surface area (TPSA) is 130 Å². The van der Waals surface area contributed by atoms with Crippen molar-refractivity contribution in [1.29, 1.82) is 0 Å². The molecule has 0 radical (unpaired) electrons. The lowest BCUT2D eigenvalue weighted by atomic mass is 10.0. The standard InChI is InChI=1S/C9H12N2O5/c10-5-1-2-7(11(15)16)6(3-5)9(14)8(13)4-12/h1-3,8-9,12-14H,4,10H2. The molecule has 16 heavy (non-hydrogen) atoms. The van der Waals surface area contributed by atoms with E-state index in [-0.39, 0.29) is 16.9 Å². The molecule has 0 aliphatic heterocycles. The Kier molecular flexibility index (Phi) is 3.78. The van der Waals surface area contributed by atoms with E-state index >= 15 is 0 Å². The summed E-state index contributed by atoms with van der Waals surface area (Å²) in [5.41, 5.74) is 5.18. The molecule has 2 unspecified atom stereocenters. The summed E-state index contributed by atoms with van der Waals surface area (Å²) in [5.74, 6) is 0. The van der Waals surface area contributed by atoms with Gasteiger partial charge in [-0.3, -0.25) is 10.1 Å². The zero-order valence-corrected chi connectivity index (χ0v) is 8.28. The van der Waals surface area contributed by atoms with Gasteiger partial charge in [-0.05, 0) is 12.1 Å². The van der Waals surface area contributed by atoms with Crippen LogP contribution in [0.25, 0.3) is 0 Å². The highest BCUT2D eigenvalue weighted by Gasteiger charge is 2.25. The molecule has 0 fully saturated rings. The van der Waals surface area contributed by atoms with Crippen molar-refractivity contribution in [2.45, 2.75) is 12.2 Å². The molecule has 0 amide bonds. The van der Waals surface area contributed by atoms with Gasteiger partial charge in [0.05, 0.1) is 17.1 Å². The number of nitro benzene ring substituents is 1. The molecular formula is C9H12N2O5. The summed E-state index contributed by atoms with van der Waals surface area (Å²) in [7, 11) is 0. The maximum Gasteiger partial charge on any atom is 0.275 e. The Labute approximate surface area is 90.9 Å². The lowest BCUT2D eigenvalue weighted by Crippen LogP contribution is -2.22. The van der Waals surface area contributed by atoms with Crippen molar-refractivity contribution in [2.75, 3.05) is 12.3 Å². The number of hydrogen-bond acceptors (Lipinski definition) is 6. The maximum absolute atomic E-state index is 10.7. The number of anilines is 1. The molecular weight excluding hydrogens is 216 g/mol. The first-order valence-corrected chi connectivity index (χ1v) is 4.48. The Bertz CT molecular complexity index is 395. The fourth-order valence-electron chi connectivity index (χ4n) is 1.28. The molecule has 7 heteroatoms. The Hall–Kier alpha value is -1.70. The first kappa shape index (κ1) is 12.4. The number of nitro groups is 1. The number of hydrogen-bond donors (Lipinski definition) is 4. The van der Waals surface area contributed by atoms with Gasteiger partial charge in [-0.25, -0.2) is 0 Å². The minimum absolute atomic E-state index is 0.119. The quantitative estimate of drug-likeness (QED) is 0.314. The molecule has 7 nitrogen and oxygen atoms in total. The van der Waals surface area contributed by atoms with E-state index < -0.39 is 23.7 Å². The SMILES string of the molecule is Nc1ccc([N+](=O)[O-])c(C(O)C(O)CO)c1. The number of benzene rings is 1. The largest absolute Gasteiger partial charge is 0.399 e. The van der Waals surface area contributed by atoms with E-state index in [2.05, 4.69) is 0 Å². The molecule has 0 saturated heterocycles. The molecule has 0 aromatic heterocycles. The normalized spacial score (nSPS) is 14.4. The van der Waals surface area contributed by atoms with Gasteiger partial charge < -0.3 is 21.1 Å². The third kappa shape index (κ3) is 2.45. The summed E-state index contributed by atoms with van der Waals surface area (Å²) in [6.45, 7) is -0.701. The van der Waals surface area contributed by atoms with Crippen molar-refractivity contribution in [1.82, 2.24) is 0 Å². The smallest absolute Gasteiger partial charge is 0.275 e. The molecule has 0 bridgehead atoms. The minimum Gasteiger partial charge on any atom is -0.399 e. The van der Waals surface area contributed by atoms with Crippen LogP contribution in [-0.4, -0.2) is 33.0 Å². The molecule has 1 rings (SSSR count). The van der Waals surface area contributed by atoms with Gasteiger partial charge in [-0.2, -0.15) is 0 Å². The second-order valence-electron chi connectivity index (χ2n) is 3.27. The van der Waals surface area contributed by atoms with Crippen LogP contribution >= 0.6 is 0 Å². The molecule has 1 aromatic rings. The number of nitrogens with zero attached hydrogens (tertiary/aromatic N) is 1. The van der Waals surface area contributed by atoms with Gasteiger partial charge in [-0.1, -0.05) is 0 Å². The molecule has 2 atom stereocenters. The second kappa shape index (κ2) is 4.88. The lowest BCUT2D eigenvalue weighted by Gasteiger charge is -2.16. The number of aliphatic hydroxyl groups excluding tert-OH is 3. The van der Waals surface area contributed by atoms with Crippen LogP contribution in [0.2, 0.25) is 0 Å². The summed E-state index contributed by atoms with van der Waals surface area (Å²) in [4.78, 5) is 9.97. The summed E-state index contributed by atoms with van der Waals surface area (Å²) >= 11 is 0. The zero-order valence-electron chi connectivity index (χ0n) is 8.28. The zero-order chi connectivity index (χ0) is 12.3. The van der Waals surface area contributed by atoms with Gasteiger partial charge >= 0.3 is 0 Å². The van der Waals surface area contributed by atoms with E-state index in [0.29, 0.717) is 0 Å². The highest BCUT2D eigenvalue weighted by atomic mass is 16.6. The van der Waals surface area contributed by atoms with Crippen LogP contribution in [-0.2, 0) is 0 Å². The summed E-state index contributed by atoms with van der Waals surface area (Å²) < 4.78 is 0. The average molecular weight is 228 g/mol. The Morgan fingerprint density at radius 2 is 2.06 bits per heavy atom. The van der Waals surface area contributed by atoms with E-state index in [1.54, 1.807) is 0 Å². The van der Waals surface area contributed by atoms with Crippen LogP contribution < -0.4 is 5.73 Å². The van der Waals surface area contributed by atoms with Gasteiger partial charge in [0.15, 0.2) is 0 Å². The number of rotatable bonds is 4. The molecule has 5 N–H and O–H groups in total. The highest BCUT2D eigenvalue weighted by molar-refractivity contribution is 5.52. The minimum atomic E-state index is -1.55. The van der Waals surface area contributed by atoms with E-state index in [4.69, 9.17) is 10.8 Å². The van der Waals surface area contributed by atoms with Crippen molar-refractivity contribution >= 4 is 11.4 Å². The van der Waals surface area contributed by atoms with Crippen molar-refractivity contribution in [3.8, 4) is 0 Å². The fraction of sp³-hybridized carbons (Fsp3) is 0.333. The Morgan fingerprint density at radius 1 is 1.44 bits per heavy atom. The van der Waals surface area contributed by atoms with Crippen molar-refractivity contribution < 1.29 is 20.2 Å². The van der Waals surface area contributed by atoms with Crippen LogP contribution in [0.1, 0.15) is 11.7 Å². The van der Waals surface area contributed by atoms with Gasteiger partial charge in [0, 0.05) is 11.8 Å². The van der Waals surface area contributed by atoms with E-state index in [9.17, 15) is 20.3 Å². The van der Waals surface area contributed by atoms with Crippen LogP contribution in [0.4, 0.5) is 11.4 Å². The van der Waals surface area contributed by atoms with E-state index in [1.165, 1.54) is 12.1 Å². The van der Waals surface area contributed by atoms with Crippen LogP contribution in [0.5, 0.6) is 0 Å². The molecule has 0 heterocycles. The fourth-order valence-corrected chi connectivity index (χ4v) is 1.28. The molecule has 1 aromatic carbocycles. The summed E-state index contributed by atoms with van der Waals surface area (Å²) in [6, 6.07) is 3.65. The number of nitrogens with two attached hydrogens (primary N) is 1. The first-order valence-electron chi connectivity index (χ1n) is 4.48. The Balaban J connectivity index is 3.19. The molecule has 88 valence electrons. The lowest BCUT2D eigenvalue weighted by molar-refractivity contribution is -0.386. The third-order valence-electron chi connectivity index (χ3n) is 2.12. The molecule has 0 saturated carbocycles. The Morgan fingerprint density at radius 3 is 2.56 bits per heavy atom. The van der Waals surface area contributed by atoms with Gasteiger partial charge in [0.25, 0.3) is 5.69 Å². The summed E-state index contributed by atoms with van der Waals surface area (Å²) in [6.07, 6.45) is -3.03. The van der Waals surface area contributed by atoms with Crippen LogP contribution in [0.3, 0.4) is 0 Å². The number of nitrogen functional groups attached to an aromatic ring is 1. The van der Waals surface area contributed by atoms with Crippen LogP contribution in [0.15, 0.2) is 18.2 Å². The van der Waals surface area contributed by atoms with Crippen molar-refractivity contribution in [3.05, 3.63) is 33.9 Å². The molecule has 0 spiro atoms. The van der Waals surface area contributed by atoms with Gasteiger partial charge in [0.2, 0.25) is 0 Å². The maximum atomic E-state index is 10.7. The first-order chi connectivity index (χ1) is 7.47. The highest BCUT2D eigenvalue weighted by Crippen LogP contribution is 2.29. The molecule has 0 aliphatic carbocycles. The van der Waals surface area contributed by atoms with Gasteiger partial charge in [0.1, 0.15) is 12.2 Å². The predicted octanol–water partition coefficient (Wildman–Crippen LogP) is -0.436. The predicted molar refractivity (Wildman–Crippen MR) is 55.6 cm³/mol. The van der Waals surface area contributed by atoms with Crippen molar-refractivity contribution in [2.24, 2.45) is 0 Å². The number of aliphatic hydroxyl groups is 3. The average Bonchev–Trinajstić information content (AvgIpc) is 2.26. The summed E-state index contributed by atoms with van der Waals surface area (Å²) in [5, 5.41) is 38.1. The van der Waals surface area contributed by atoms with E-state index in [1.807, 2.05) is 0 Å². The van der Waals surface area contributed by atoms with Crippen molar-refractivity contribution in [3.63, 3.8) is 0 Å². The third-order valence-corrected chi connectivity index (χ3v) is 2.12. The molecule has 0 aliphatic rings. The van der Waals surface area contributed by atoms with E-state index in [0.717, 1.165) is 6.07 Å². The van der Waals surface area contributed by atoms with Gasteiger partial charge in [-0.15, -0.1) is 0 Å².